The largest absolute Gasteiger partial charge is 0.466 e. The van der Waals surface area contributed by atoms with E-state index in [0.29, 0.717) is 11.8 Å². The number of aliphatic hydroxyl groups is 1. The van der Waals surface area contributed by atoms with Crippen LogP contribution in [0, 0.1) is 28.6 Å². The van der Waals surface area contributed by atoms with Crippen LogP contribution in [0.25, 0.3) is 0 Å². The maximum absolute atomic E-state index is 12.0. The molecule has 0 bridgehead atoms. The molecule has 0 aromatic carbocycles. The number of allylic oxidation sites excluding steroid dienone is 1. The molecule has 3 aliphatic carbocycles. The number of esters is 1. The molecule has 3 heteroatoms. The molecule has 0 radical (unpaired) electrons. The zero-order chi connectivity index (χ0) is 14.0. The van der Waals surface area contributed by atoms with Crippen molar-refractivity contribution in [1.29, 1.82) is 0 Å². The van der Waals surface area contributed by atoms with Crippen molar-refractivity contribution in [2.75, 3.05) is 7.11 Å². The van der Waals surface area contributed by atoms with Crippen LogP contribution in [0.2, 0.25) is 0 Å². The van der Waals surface area contributed by atoms with Crippen LogP contribution >= 0.6 is 0 Å². The second kappa shape index (κ2) is 3.85. The topological polar surface area (TPSA) is 46.5 Å². The van der Waals surface area contributed by atoms with E-state index < -0.39 is 0 Å². The van der Waals surface area contributed by atoms with E-state index in [-0.39, 0.29) is 28.8 Å². The summed E-state index contributed by atoms with van der Waals surface area (Å²) in [6.45, 7) is 6.57. The molecule has 0 unspecified atom stereocenters. The minimum atomic E-state index is -0.298. The predicted octanol–water partition coefficient (Wildman–Crippen LogP) is 2.54. The van der Waals surface area contributed by atoms with Crippen molar-refractivity contribution in [2.24, 2.45) is 28.6 Å². The van der Waals surface area contributed by atoms with Crippen molar-refractivity contribution in [1.82, 2.24) is 0 Å². The molecular weight excluding hydrogens is 240 g/mol. The van der Waals surface area contributed by atoms with Gasteiger partial charge in [0.15, 0.2) is 0 Å². The maximum Gasteiger partial charge on any atom is 0.333 e. The Morgan fingerprint density at radius 2 is 2.16 bits per heavy atom. The predicted molar refractivity (Wildman–Crippen MR) is 72.3 cm³/mol. The van der Waals surface area contributed by atoms with Crippen molar-refractivity contribution < 1.29 is 14.6 Å². The lowest BCUT2D eigenvalue weighted by Crippen LogP contribution is -2.46. The molecule has 3 nitrogen and oxygen atoms in total. The first-order valence-corrected chi connectivity index (χ1v) is 7.37. The minimum absolute atomic E-state index is 0.0508. The highest BCUT2D eigenvalue weighted by atomic mass is 16.5. The lowest BCUT2D eigenvalue weighted by molar-refractivity contribution is -0.137. The second-order valence-corrected chi connectivity index (χ2v) is 7.04. The smallest absolute Gasteiger partial charge is 0.333 e. The van der Waals surface area contributed by atoms with Gasteiger partial charge in [-0.1, -0.05) is 26.8 Å². The fraction of sp³-hybridized carbons (Fsp3) is 0.812. The van der Waals surface area contributed by atoms with Crippen molar-refractivity contribution in [2.45, 2.75) is 46.1 Å². The molecule has 6 atom stereocenters. The third kappa shape index (κ3) is 1.30. The Kier molecular flexibility index (Phi) is 2.66. The Hall–Kier alpha value is -0.830. The van der Waals surface area contributed by atoms with Gasteiger partial charge in [0, 0.05) is 11.0 Å². The van der Waals surface area contributed by atoms with Crippen LogP contribution in [0.4, 0.5) is 0 Å². The average Bonchev–Trinajstić information content (AvgIpc) is 2.89. The number of carbonyl (C=O) groups is 1. The molecule has 0 aromatic heterocycles. The van der Waals surface area contributed by atoms with Crippen LogP contribution in [-0.2, 0) is 9.53 Å². The summed E-state index contributed by atoms with van der Waals surface area (Å²) in [5, 5.41) is 10.8. The number of rotatable bonds is 1. The van der Waals surface area contributed by atoms with Crippen molar-refractivity contribution >= 4 is 5.97 Å². The fourth-order valence-electron chi connectivity index (χ4n) is 5.81. The van der Waals surface area contributed by atoms with Gasteiger partial charge < -0.3 is 9.84 Å². The van der Waals surface area contributed by atoms with Crippen LogP contribution in [0.5, 0.6) is 0 Å². The van der Waals surface area contributed by atoms with E-state index in [4.69, 9.17) is 4.74 Å². The molecule has 0 heterocycles. The molecule has 106 valence electrons. The monoisotopic (exact) mass is 264 g/mol. The molecule has 1 N–H and O–H groups in total. The highest BCUT2D eigenvalue weighted by Gasteiger charge is 2.70. The summed E-state index contributed by atoms with van der Waals surface area (Å²) in [6.07, 6.45) is 4.93. The Balaban J connectivity index is 2.11. The number of hydrogen-bond acceptors (Lipinski definition) is 3. The number of methoxy groups -OCH3 is 1. The second-order valence-electron chi connectivity index (χ2n) is 7.04. The van der Waals surface area contributed by atoms with E-state index >= 15 is 0 Å². The molecule has 19 heavy (non-hydrogen) atoms. The van der Waals surface area contributed by atoms with Gasteiger partial charge in [-0.3, -0.25) is 0 Å². The third-order valence-electron chi connectivity index (χ3n) is 6.49. The maximum atomic E-state index is 12.0. The van der Waals surface area contributed by atoms with E-state index in [1.54, 1.807) is 0 Å². The van der Waals surface area contributed by atoms with E-state index in [9.17, 15) is 9.90 Å². The van der Waals surface area contributed by atoms with E-state index in [2.05, 4.69) is 26.8 Å². The van der Waals surface area contributed by atoms with Crippen LogP contribution in [-0.4, -0.2) is 24.3 Å². The lowest BCUT2D eigenvalue weighted by atomic mass is 9.60. The first-order chi connectivity index (χ1) is 8.88. The first kappa shape index (κ1) is 13.2. The van der Waals surface area contributed by atoms with Gasteiger partial charge in [-0.15, -0.1) is 0 Å². The normalized spacial score (nSPS) is 51.7. The standard InChI is InChI=1S/C16H24O3/c1-9-7-13(17)16-10(2)11(14(18)19-4)8-15(16,3)6-5-12(9)16/h8-10,12-13,17H,5-7H2,1-4H3/t9-,10+,12+,13-,15+,16+/m0/s1. The summed E-state index contributed by atoms with van der Waals surface area (Å²) >= 11 is 0. The van der Waals surface area contributed by atoms with Gasteiger partial charge in [0.05, 0.1) is 13.2 Å². The van der Waals surface area contributed by atoms with Gasteiger partial charge in [0.2, 0.25) is 0 Å². The molecule has 0 amide bonds. The summed E-state index contributed by atoms with van der Waals surface area (Å²) < 4.78 is 4.93. The average molecular weight is 264 g/mol. The highest BCUT2D eigenvalue weighted by molar-refractivity contribution is 5.90. The summed E-state index contributed by atoms with van der Waals surface area (Å²) in [5.41, 5.74) is 0.587. The molecular formula is C16H24O3. The summed E-state index contributed by atoms with van der Waals surface area (Å²) in [5.74, 6) is 0.950. The van der Waals surface area contributed by atoms with Gasteiger partial charge in [-0.25, -0.2) is 4.79 Å². The van der Waals surface area contributed by atoms with Gasteiger partial charge in [-0.2, -0.15) is 0 Å². The number of aliphatic hydroxyl groups excluding tert-OH is 1. The SMILES string of the molecule is COC(=O)C1=C[C@@]2(C)CC[C@@H]3[C@@H](C)C[C@H](O)[C@@]32[C@@H]1C. The summed E-state index contributed by atoms with van der Waals surface area (Å²) in [7, 11) is 1.44. The van der Waals surface area contributed by atoms with Crippen LogP contribution < -0.4 is 0 Å². The van der Waals surface area contributed by atoms with Crippen LogP contribution in [0.15, 0.2) is 11.6 Å². The highest BCUT2D eigenvalue weighted by Crippen LogP contribution is 2.73. The Morgan fingerprint density at radius 1 is 1.47 bits per heavy atom. The zero-order valence-corrected chi connectivity index (χ0v) is 12.3. The Bertz CT molecular complexity index is 455. The Labute approximate surface area is 115 Å². The van der Waals surface area contributed by atoms with E-state index in [1.165, 1.54) is 13.5 Å². The quantitative estimate of drug-likeness (QED) is 0.740. The van der Waals surface area contributed by atoms with Crippen LogP contribution in [0.1, 0.15) is 40.0 Å². The van der Waals surface area contributed by atoms with E-state index in [0.717, 1.165) is 18.4 Å². The molecule has 0 aliphatic heterocycles. The van der Waals surface area contributed by atoms with Gasteiger partial charge in [0.1, 0.15) is 0 Å². The zero-order valence-electron chi connectivity index (χ0n) is 12.3. The van der Waals surface area contributed by atoms with Crippen molar-refractivity contribution in [3.63, 3.8) is 0 Å². The van der Waals surface area contributed by atoms with Crippen molar-refractivity contribution in [3.8, 4) is 0 Å². The number of carbonyl (C=O) groups excluding carboxylic acids is 1. The van der Waals surface area contributed by atoms with Gasteiger partial charge in [0.25, 0.3) is 0 Å². The minimum Gasteiger partial charge on any atom is -0.466 e. The van der Waals surface area contributed by atoms with Crippen LogP contribution in [0.3, 0.4) is 0 Å². The summed E-state index contributed by atoms with van der Waals surface area (Å²) in [4.78, 5) is 12.0. The third-order valence-corrected chi connectivity index (χ3v) is 6.49. The molecule has 2 saturated carbocycles. The van der Waals surface area contributed by atoms with Crippen molar-refractivity contribution in [3.05, 3.63) is 11.6 Å². The van der Waals surface area contributed by atoms with Gasteiger partial charge in [-0.05, 0) is 42.4 Å². The summed E-state index contributed by atoms with van der Waals surface area (Å²) in [6, 6.07) is 0. The first-order valence-electron chi connectivity index (χ1n) is 7.37. The molecule has 3 rings (SSSR count). The van der Waals surface area contributed by atoms with Gasteiger partial charge >= 0.3 is 5.97 Å². The lowest BCUT2D eigenvalue weighted by Gasteiger charge is -2.45. The fourth-order valence-corrected chi connectivity index (χ4v) is 5.81. The number of ether oxygens (including phenoxy) is 1. The number of hydrogen-bond donors (Lipinski definition) is 1. The molecule has 2 fully saturated rings. The molecule has 0 saturated heterocycles. The molecule has 3 aliphatic rings. The molecule has 0 aromatic rings. The van der Waals surface area contributed by atoms with E-state index in [1.807, 2.05) is 0 Å². The molecule has 1 spiro atoms. The Morgan fingerprint density at radius 3 is 2.79 bits per heavy atom.